The molecule has 0 aliphatic carbocycles. The lowest BCUT2D eigenvalue weighted by molar-refractivity contribution is 0.578. The van der Waals surface area contributed by atoms with Crippen LogP contribution in [0.25, 0.3) is 0 Å². The fourth-order valence-electron chi connectivity index (χ4n) is 1.24. The van der Waals surface area contributed by atoms with Crippen LogP contribution in [0.3, 0.4) is 0 Å². The summed E-state index contributed by atoms with van der Waals surface area (Å²) in [6, 6.07) is 3.00. The summed E-state index contributed by atoms with van der Waals surface area (Å²) < 4.78 is 27.0. The summed E-state index contributed by atoms with van der Waals surface area (Å²) in [7, 11) is -3.65. The van der Waals surface area contributed by atoms with E-state index in [1.165, 1.54) is 12.1 Å². The van der Waals surface area contributed by atoms with Crippen LogP contribution in [0, 0.1) is 0 Å². The van der Waals surface area contributed by atoms with Gasteiger partial charge >= 0.3 is 0 Å². The Hall–Kier alpha value is 0.190. The molecule has 3 nitrogen and oxygen atoms in total. The molecule has 0 heterocycles. The average Bonchev–Trinajstić information content (AvgIpc) is 2.15. The summed E-state index contributed by atoms with van der Waals surface area (Å²) in [6.07, 6.45) is 1.68. The molecule has 0 atom stereocenters. The van der Waals surface area contributed by atoms with Gasteiger partial charge in [-0.25, -0.2) is 13.1 Å². The summed E-state index contributed by atoms with van der Waals surface area (Å²) in [5.74, 6) is 0. The highest BCUT2D eigenvalue weighted by Gasteiger charge is 2.21. The molecule has 0 amide bonds. The van der Waals surface area contributed by atoms with Crippen LogP contribution in [0.4, 0.5) is 0 Å². The van der Waals surface area contributed by atoms with Crippen molar-refractivity contribution in [3.63, 3.8) is 0 Å². The maximum atomic E-state index is 12.0. The van der Waals surface area contributed by atoms with Gasteiger partial charge in [0.25, 0.3) is 0 Å². The number of benzene rings is 1. The second kappa shape index (κ2) is 6.38. The lowest BCUT2D eigenvalue weighted by Crippen LogP contribution is -2.25. The number of unbranched alkanes of at least 4 members (excludes halogenated alkanes) is 1. The van der Waals surface area contributed by atoms with Crippen LogP contribution in [-0.2, 0) is 10.0 Å². The molecule has 0 bridgehead atoms. The Morgan fingerprint density at radius 1 is 1.29 bits per heavy atom. The van der Waals surface area contributed by atoms with Crippen molar-refractivity contribution in [2.75, 3.05) is 6.54 Å². The van der Waals surface area contributed by atoms with Gasteiger partial charge in [-0.15, -0.1) is 0 Å². The molecule has 7 heteroatoms. The first-order valence-corrected chi connectivity index (χ1v) is 8.06. The zero-order valence-corrected chi connectivity index (χ0v) is 13.0. The van der Waals surface area contributed by atoms with E-state index in [2.05, 4.69) is 20.7 Å². The SMILES string of the molecule is CCCCNS(=O)(=O)c1c(Cl)cc(Br)cc1Cl. The van der Waals surface area contributed by atoms with Gasteiger partial charge in [0.2, 0.25) is 10.0 Å². The van der Waals surface area contributed by atoms with Crippen molar-refractivity contribution in [3.05, 3.63) is 26.7 Å². The summed E-state index contributed by atoms with van der Waals surface area (Å²) in [5, 5.41) is 0.210. The molecule has 0 aliphatic rings. The number of nitrogens with one attached hydrogen (secondary N) is 1. The molecule has 96 valence electrons. The summed E-state index contributed by atoms with van der Waals surface area (Å²) in [6.45, 7) is 2.36. The van der Waals surface area contributed by atoms with Crippen molar-refractivity contribution < 1.29 is 8.42 Å². The van der Waals surface area contributed by atoms with Crippen molar-refractivity contribution in [3.8, 4) is 0 Å². The van der Waals surface area contributed by atoms with E-state index >= 15 is 0 Å². The number of rotatable bonds is 5. The Morgan fingerprint density at radius 2 is 1.82 bits per heavy atom. The number of sulfonamides is 1. The van der Waals surface area contributed by atoms with Crippen LogP contribution < -0.4 is 4.72 Å². The Bertz CT molecular complexity index is 482. The van der Waals surface area contributed by atoms with E-state index in [1.54, 1.807) is 0 Å². The highest BCUT2D eigenvalue weighted by molar-refractivity contribution is 9.10. The summed E-state index contributed by atoms with van der Waals surface area (Å²) in [4.78, 5) is -0.0693. The number of hydrogen-bond acceptors (Lipinski definition) is 2. The fraction of sp³-hybridized carbons (Fsp3) is 0.400. The molecule has 1 aromatic rings. The van der Waals surface area contributed by atoms with E-state index in [-0.39, 0.29) is 14.9 Å². The first-order valence-electron chi connectivity index (χ1n) is 5.02. The summed E-state index contributed by atoms with van der Waals surface area (Å²) >= 11 is 15.0. The Morgan fingerprint density at radius 3 is 2.29 bits per heavy atom. The molecule has 1 aromatic carbocycles. The second-order valence-electron chi connectivity index (χ2n) is 3.45. The molecular weight excluding hydrogens is 349 g/mol. The largest absolute Gasteiger partial charge is 0.243 e. The van der Waals surface area contributed by atoms with Crippen LogP contribution in [0.1, 0.15) is 19.8 Å². The quantitative estimate of drug-likeness (QED) is 0.811. The smallest absolute Gasteiger partial charge is 0.211 e. The lowest BCUT2D eigenvalue weighted by Gasteiger charge is -2.10. The predicted octanol–water partition coefficient (Wildman–Crippen LogP) is 3.83. The van der Waals surface area contributed by atoms with Crippen molar-refractivity contribution in [2.24, 2.45) is 0 Å². The van der Waals surface area contributed by atoms with Crippen molar-refractivity contribution in [1.82, 2.24) is 4.72 Å². The molecule has 17 heavy (non-hydrogen) atoms. The van der Waals surface area contributed by atoms with Gasteiger partial charge < -0.3 is 0 Å². The van der Waals surface area contributed by atoms with Gasteiger partial charge in [-0.2, -0.15) is 0 Å². The van der Waals surface area contributed by atoms with E-state index in [0.29, 0.717) is 11.0 Å². The molecule has 0 unspecified atom stereocenters. The molecule has 1 rings (SSSR count). The minimum Gasteiger partial charge on any atom is -0.211 e. The zero-order chi connectivity index (χ0) is 13.1. The number of halogens is 3. The first kappa shape index (κ1) is 15.2. The van der Waals surface area contributed by atoms with Gasteiger partial charge in [0.1, 0.15) is 4.90 Å². The molecule has 0 saturated carbocycles. The normalized spacial score (nSPS) is 11.8. The van der Waals surface area contributed by atoms with Crippen LogP contribution in [0.15, 0.2) is 21.5 Å². The molecular formula is C10H12BrCl2NO2S. The molecule has 0 aromatic heterocycles. The maximum Gasteiger partial charge on any atom is 0.243 e. The topological polar surface area (TPSA) is 46.2 Å². The van der Waals surface area contributed by atoms with Gasteiger partial charge in [0.15, 0.2) is 0 Å². The predicted molar refractivity (Wildman–Crippen MR) is 74.3 cm³/mol. The van der Waals surface area contributed by atoms with E-state index in [1.807, 2.05) is 6.92 Å². The molecule has 0 radical (unpaired) electrons. The van der Waals surface area contributed by atoms with Crippen molar-refractivity contribution in [2.45, 2.75) is 24.7 Å². The second-order valence-corrected chi connectivity index (χ2v) is 6.88. The van der Waals surface area contributed by atoms with Gasteiger partial charge in [0.05, 0.1) is 10.0 Å². The molecule has 1 N–H and O–H groups in total. The molecule has 0 fully saturated rings. The number of hydrogen-bond donors (Lipinski definition) is 1. The third-order valence-corrected chi connectivity index (χ3v) is 4.89. The fourth-order valence-corrected chi connectivity index (χ4v) is 4.25. The van der Waals surface area contributed by atoms with Gasteiger partial charge in [-0.1, -0.05) is 52.5 Å². The van der Waals surface area contributed by atoms with Gasteiger partial charge in [0, 0.05) is 11.0 Å². The minimum absolute atomic E-state index is 0.0693. The highest BCUT2D eigenvalue weighted by Crippen LogP contribution is 2.32. The van der Waals surface area contributed by atoms with E-state index in [4.69, 9.17) is 23.2 Å². The third kappa shape index (κ3) is 4.10. The van der Waals surface area contributed by atoms with Crippen LogP contribution in [0.2, 0.25) is 10.0 Å². The van der Waals surface area contributed by atoms with Crippen molar-refractivity contribution in [1.29, 1.82) is 0 Å². The van der Waals surface area contributed by atoms with Crippen LogP contribution in [0.5, 0.6) is 0 Å². The van der Waals surface area contributed by atoms with Gasteiger partial charge in [-0.3, -0.25) is 0 Å². The third-order valence-electron chi connectivity index (χ3n) is 2.05. The Kier molecular flexibility index (Phi) is 5.73. The van der Waals surface area contributed by atoms with Crippen molar-refractivity contribution >= 4 is 49.2 Å². The Balaban J connectivity index is 3.07. The van der Waals surface area contributed by atoms with Crippen LogP contribution >= 0.6 is 39.1 Å². The van der Waals surface area contributed by atoms with Crippen LogP contribution in [-0.4, -0.2) is 15.0 Å². The summed E-state index contributed by atoms with van der Waals surface area (Å²) in [5.41, 5.74) is 0. The minimum atomic E-state index is -3.65. The molecule has 0 saturated heterocycles. The zero-order valence-electron chi connectivity index (χ0n) is 9.13. The maximum absolute atomic E-state index is 12.0. The highest BCUT2D eigenvalue weighted by atomic mass is 79.9. The molecule has 0 aliphatic heterocycles. The molecule has 0 spiro atoms. The Labute approximate surface area is 120 Å². The van der Waals surface area contributed by atoms with E-state index in [0.717, 1.165) is 12.8 Å². The monoisotopic (exact) mass is 359 g/mol. The van der Waals surface area contributed by atoms with Gasteiger partial charge in [-0.05, 0) is 18.6 Å². The van der Waals surface area contributed by atoms with E-state index < -0.39 is 10.0 Å². The standard InChI is InChI=1S/C10H12BrCl2NO2S/c1-2-3-4-14-17(15,16)10-8(12)5-7(11)6-9(10)13/h5-6,14H,2-4H2,1H3. The first-order chi connectivity index (χ1) is 7.88. The lowest BCUT2D eigenvalue weighted by atomic mass is 10.3. The van der Waals surface area contributed by atoms with E-state index in [9.17, 15) is 8.42 Å². The average molecular weight is 361 g/mol.